The number of amides is 1. The number of aryl methyl sites for hydroxylation is 1. The lowest BCUT2D eigenvalue weighted by Gasteiger charge is -2.20. The van der Waals surface area contributed by atoms with Crippen LogP contribution in [0.2, 0.25) is 0 Å². The number of hydrogen-bond acceptors (Lipinski definition) is 5. The van der Waals surface area contributed by atoms with Gasteiger partial charge in [0.15, 0.2) is 0 Å². The molecule has 2 aromatic carbocycles. The Bertz CT molecular complexity index is 1500. The van der Waals surface area contributed by atoms with Crippen LogP contribution >= 0.6 is 0 Å². The second-order valence-corrected chi connectivity index (χ2v) is 8.33. The van der Waals surface area contributed by atoms with E-state index in [0.717, 1.165) is 11.1 Å². The monoisotopic (exact) mass is 430 g/mol. The van der Waals surface area contributed by atoms with Gasteiger partial charge in [0.05, 0.1) is 28.4 Å². The summed E-state index contributed by atoms with van der Waals surface area (Å²) in [4.78, 5) is 27.2. The number of benzene rings is 2. The van der Waals surface area contributed by atoms with Crippen molar-refractivity contribution in [3.63, 3.8) is 0 Å². The number of aromatic nitrogens is 4. The molecular formula is C23H19FN6O2. The molecule has 0 atom stereocenters. The predicted octanol–water partition coefficient (Wildman–Crippen LogP) is 2.63. The fraction of sp³-hybridized carbons (Fsp3) is 0.217. The van der Waals surface area contributed by atoms with Gasteiger partial charge in [0.25, 0.3) is 5.56 Å². The molecule has 4 aromatic rings. The molecule has 3 N–H and O–H groups in total. The van der Waals surface area contributed by atoms with Gasteiger partial charge in [-0.25, -0.2) is 9.49 Å². The van der Waals surface area contributed by atoms with E-state index < -0.39 is 11.2 Å². The third-order valence-electron chi connectivity index (χ3n) is 6.58. The standard InChI is InChI=1S/C23H19FN6O2/c1-29-21(30-19-16(3-2-4-17(19)24)23(7-8-23)22(30)32)15(11-26-29)12-5-6-13-14(9-12)18(10-25)27-28-20(13)31/h2-6,9,11H,7-8,10,25H2,1H3,(H,28,31). The molecule has 1 saturated carbocycles. The zero-order chi connectivity index (χ0) is 22.2. The number of anilines is 2. The number of hydrogen-bond donors (Lipinski definition) is 2. The molecule has 2 aromatic heterocycles. The molecule has 1 amide bonds. The minimum atomic E-state index is -0.647. The molecule has 1 spiro atoms. The Kier molecular flexibility index (Phi) is 3.74. The molecule has 8 nitrogen and oxygen atoms in total. The van der Waals surface area contributed by atoms with Crippen LogP contribution in [-0.4, -0.2) is 25.9 Å². The maximum Gasteiger partial charge on any atom is 0.272 e. The average Bonchev–Trinajstić information content (AvgIpc) is 3.46. The molecular weight excluding hydrogens is 411 g/mol. The highest BCUT2D eigenvalue weighted by molar-refractivity contribution is 6.16. The molecule has 9 heteroatoms. The van der Waals surface area contributed by atoms with E-state index in [0.29, 0.717) is 46.4 Å². The minimum Gasteiger partial charge on any atom is -0.325 e. The summed E-state index contributed by atoms with van der Waals surface area (Å²) in [6.07, 6.45) is 3.05. The summed E-state index contributed by atoms with van der Waals surface area (Å²) in [5.74, 6) is -0.0907. The van der Waals surface area contributed by atoms with E-state index in [1.807, 2.05) is 12.1 Å². The third-order valence-corrected chi connectivity index (χ3v) is 6.58. The number of nitrogens with one attached hydrogen (secondary N) is 1. The molecule has 6 rings (SSSR count). The fourth-order valence-corrected chi connectivity index (χ4v) is 4.81. The van der Waals surface area contributed by atoms with Crippen LogP contribution in [-0.2, 0) is 23.8 Å². The van der Waals surface area contributed by atoms with Crippen LogP contribution < -0.4 is 16.2 Å². The molecule has 0 radical (unpaired) electrons. The first kappa shape index (κ1) is 18.9. The largest absolute Gasteiger partial charge is 0.325 e. The van der Waals surface area contributed by atoms with Gasteiger partial charge in [-0.2, -0.15) is 10.2 Å². The lowest BCUT2D eigenvalue weighted by molar-refractivity contribution is -0.119. The van der Waals surface area contributed by atoms with Crippen LogP contribution in [0, 0.1) is 5.82 Å². The molecule has 0 bridgehead atoms. The van der Waals surface area contributed by atoms with Crippen molar-refractivity contribution < 1.29 is 9.18 Å². The molecule has 0 saturated heterocycles. The van der Waals surface area contributed by atoms with Crippen molar-refractivity contribution in [2.45, 2.75) is 24.8 Å². The van der Waals surface area contributed by atoms with Crippen LogP contribution in [0.3, 0.4) is 0 Å². The van der Waals surface area contributed by atoms with E-state index in [4.69, 9.17) is 5.73 Å². The first-order chi connectivity index (χ1) is 15.5. The van der Waals surface area contributed by atoms with Gasteiger partial charge in [-0.1, -0.05) is 18.2 Å². The SMILES string of the molecule is Cn1ncc(-c2ccc3c(=O)[nH]nc(CN)c3c2)c1N1C(=O)C2(CC2)c2cccc(F)c21. The number of halogens is 1. The zero-order valence-corrected chi connectivity index (χ0v) is 17.2. The second kappa shape index (κ2) is 6.33. The van der Waals surface area contributed by atoms with E-state index in [9.17, 15) is 9.59 Å². The van der Waals surface area contributed by atoms with Crippen molar-refractivity contribution in [3.05, 3.63) is 70.0 Å². The summed E-state index contributed by atoms with van der Waals surface area (Å²) in [5.41, 5.74) is 7.82. The van der Waals surface area contributed by atoms with E-state index >= 15 is 4.39 Å². The molecule has 1 aliphatic carbocycles. The van der Waals surface area contributed by atoms with E-state index in [2.05, 4.69) is 15.3 Å². The van der Waals surface area contributed by atoms with Crippen molar-refractivity contribution in [1.29, 1.82) is 0 Å². The van der Waals surface area contributed by atoms with Crippen LogP contribution in [0.25, 0.3) is 21.9 Å². The van der Waals surface area contributed by atoms with Crippen LogP contribution in [0.5, 0.6) is 0 Å². The van der Waals surface area contributed by atoms with Crippen molar-refractivity contribution in [1.82, 2.24) is 20.0 Å². The molecule has 2 aliphatic rings. The maximum absolute atomic E-state index is 15.0. The van der Waals surface area contributed by atoms with Gasteiger partial charge in [0.1, 0.15) is 11.6 Å². The normalized spacial score (nSPS) is 16.2. The number of aromatic amines is 1. The van der Waals surface area contributed by atoms with Gasteiger partial charge in [-0.3, -0.25) is 19.2 Å². The summed E-state index contributed by atoms with van der Waals surface area (Å²) in [6, 6.07) is 10.2. The third kappa shape index (κ3) is 2.34. The molecule has 3 heterocycles. The number of carbonyl (C=O) groups excluding carboxylic acids is 1. The Balaban J connectivity index is 1.59. The fourth-order valence-electron chi connectivity index (χ4n) is 4.81. The first-order valence-corrected chi connectivity index (χ1v) is 10.3. The Hall–Kier alpha value is -3.85. The highest BCUT2D eigenvalue weighted by Crippen LogP contribution is 2.60. The van der Waals surface area contributed by atoms with Crippen molar-refractivity contribution >= 4 is 28.2 Å². The highest BCUT2D eigenvalue weighted by atomic mass is 19.1. The topological polar surface area (TPSA) is 110 Å². The number of nitrogens with two attached hydrogens (primary N) is 1. The van der Waals surface area contributed by atoms with Crippen molar-refractivity contribution in [3.8, 4) is 11.1 Å². The summed E-state index contributed by atoms with van der Waals surface area (Å²) < 4.78 is 16.6. The Labute approximate surface area is 181 Å². The average molecular weight is 430 g/mol. The van der Waals surface area contributed by atoms with Gasteiger partial charge in [-0.15, -0.1) is 0 Å². The van der Waals surface area contributed by atoms with Gasteiger partial charge >= 0.3 is 0 Å². The smallest absolute Gasteiger partial charge is 0.272 e. The van der Waals surface area contributed by atoms with Crippen molar-refractivity contribution in [2.75, 3.05) is 4.90 Å². The Morgan fingerprint density at radius 1 is 1.19 bits per heavy atom. The molecule has 160 valence electrons. The van der Waals surface area contributed by atoms with Gasteiger partial charge in [0, 0.05) is 24.5 Å². The Morgan fingerprint density at radius 2 is 2.00 bits per heavy atom. The first-order valence-electron chi connectivity index (χ1n) is 10.3. The van der Waals surface area contributed by atoms with E-state index in [1.54, 1.807) is 36.1 Å². The number of nitrogens with zero attached hydrogens (tertiary/aromatic N) is 4. The molecule has 1 aliphatic heterocycles. The summed E-state index contributed by atoms with van der Waals surface area (Å²) in [7, 11) is 1.73. The quantitative estimate of drug-likeness (QED) is 0.519. The summed E-state index contributed by atoms with van der Waals surface area (Å²) in [6.45, 7) is 0.155. The molecule has 0 unspecified atom stereocenters. The number of carbonyl (C=O) groups is 1. The van der Waals surface area contributed by atoms with Crippen LogP contribution in [0.15, 0.2) is 47.4 Å². The van der Waals surface area contributed by atoms with Gasteiger partial charge in [-0.05, 0) is 42.2 Å². The van der Waals surface area contributed by atoms with Crippen LogP contribution in [0.4, 0.5) is 15.9 Å². The van der Waals surface area contributed by atoms with E-state index in [1.165, 1.54) is 11.0 Å². The zero-order valence-electron chi connectivity index (χ0n) is 17.2. The second-order valence-electron chi connectivity index (χ2n) is 8.33. The summed E-state index contributed by atoms with van der Waals surface area (Å²) in [5, 5.41) is 12.0. The van der Waals surface area contributed by atoms with E-state index in [-0.39, 0.29) is 18.0 Å². The lowest BCUT2D eigenvalue weighted by atomic mass is 9.98. The molecule has 1 fully saturated rings. The molecule has 32 heavy (non-hydrogen) atoms. The highest BCUT2D eigenvalue weighted by Gasteiger charge is 2.61. The number of fused-ring (bicyclic) bond motifs is 3. The number of H-pyrrole nitrogens is 1. The predicted molar refractivity (Wildman–Crippen MR) is 117 cm³/mol. The minimum absolute atomic E-state index is 0.135. The van der Waals surface area contributed by atoms with Gasteiger partial charge in [0.2, 0.25) is 5.91 Å². The lowest BCUT2D eigenvalue weighted by Crippen LogP contribution is -2.30. The van der Waals surface area contributed by atoms with Crippen molar-refractivity contribution in [2.24, 2.45) is 12.8 Å². The van der Waals surface area contributed by atoms with Gasteiger partial charge < -0.3 is 5.73 Å². The number of para-hydroxylation sites is 1. The maximum atomic E-state index is 15.0. The Morgan fingerprint density at radius 3 is 2.75 bits per heavy atom. The summed E-state index contributed by atoms with van der Waals surface area (Å²) >= 11 is 0. The number of rotatable bonds is 3. The van der Waals surface area contributed by atoms with Crippen LogP contribution in [0.1, 0.15) is 24.1 Å².